The zero-order valence-corrected chi connectivity index (χ0v) is 12.5. The Hall–Kier alpha value is -2.49. The second-order valence-electron chi connectivity index (χ2n) is 5.44. The van der Waals surface area contributed by atoms with Gasteiger partial charge in [-0.2, -0.15) is 18.2 Å². The van der Waals surface area contributed by atoms with Crippen molar-refractivity contribution in [1.82, 2.24) is 20.0 Å². The Morgan fingerprint density at radius 2 is 2.25 bits per heavy atom. The Morgan fingerprint density at radius 3 is 2.92 bits per heavy atom. The van der Waals surface area contributed by atoms with Crippen LogP contribution in [0.4, 0.5) is 13.2 Å². The molecule has 7 nitrogen and oxygen atoms in total. The monoisotopic (exact) mass is 341 g/mol. The molecule has 1 aliphatic rings. The first-order valence-corrected chi connectivity index (χ1v) is 7.25. The van der Waals surface area contributed by atoms with Crippen molar-refractivity contribution in [3.05, 3.63) is 41.3 Å². The van der Waals surface area contributed by atoms with Crippen molar-refractivity contribution in [3.8, 4) is 0 Å². The smallest absolute Gasteiger partial charge is 0.363 e. The van der Waals surface area contributed by atoms with Gasteiger partial charge in [-0.3, -0.25) is 14.7 Å². The quantitative estimate of drug-likeness (QED) is 0.912. The number of amides is 1. The number of aromatic nitrogens is 3. The van der Waals surface area contributed by atoms with Gasteiger partial charge in [-0.05, 0) is 31.5 Å². The van der Waals surface area contributed by atoms with E-state index in [1.165, 1.54) is 12.3 Å². The summed E-state index contributed by atoms with van der Waals surface area (Å²) in [5, 5.41) is 3.48. The molecule has 0 spiro atoms. The number of rotatable bonds is 4. The molecule has 0 radical (unpaired) electrons. The van der Waals surface area contributed by atoms with Crippen LogP contribution in [-0.4, -0.2) is 32.5 Å². The van der Waals surface area contributed by atoms with E-state index in [1.807, 2.05) is 0 Å². The van der Waals surface area contributed by atoms with Crippen molar-refractivity contribution < 1.29 is 22.5 Å². The summed E-state index contributed by atoms with van der Waals surface area (Å²) >= 11 is 0. The molecule has 24 heavy (non-hydrogen) atoms. The molecular weight excluding hydrogens is 327 g/mol. The molecule has 3 heterocycles. The number of carbonyl (C=O) groups excluding carboxylic acids is 1. The van der Waals surface area contributed by atoms with Gasteiger partial charge in [0, 0.05) is 12.7 Å². The minimum atomic E-state index is -4.47. The van der Waals surface area contributed by atoms with Crippen LogP contribution in [0.1, 0.15) is 46.7 Å². The summed E-state index contributed by atoms with van der Waals surface area (Å²) in [5.74, 6) is -0.893. The van der Waals surface area contributed by atoms with Crippen molar-refractivity contribution >= 4 is 5.91 Å². The number of nitrogens with zero attached hydrogens (tertiary/aromatic N) is 4. The second kappa shape index (κ2) is 6.19. The first kappa shape index (κ1) is 16.4. The van der Waals surface area contributed by atoms with E-state index in [-0.39, 0.29) is 30.0 Å². The van der Waals surface area contributed by atoms with Gasteiger partial charge in [0.15, 0.2) is 0 Å². The van der Waals surface area contributed by atoms with Gasteiger partial charge in [0.05, 0.1) is 17.3 Å². The van der Waals surface area contributed by atoms with Gasteiger partial charge >= 0.3 is 6.18 Å². The van der Waals surface area contributed by atoms with Crippen LogP contribution < -0.4 is 5.73 Å². The lowest BCUT2D eigenvalue weighted by Gasteiger charge is -2.22. The summed E-state index contributed by atoms with van der Waals surface area (Å²) in [6, 6.07) is 1.89. The van der Waals surface area contributed by atoms with Crippen molar-refractivity contribution in [3.63, 3.8) is 0 Å². The van der Waals surface area contributed by atoms with E-state index in [2.05, 4.69) is 15.1 Å². The zero-order chi connectivity index (χ0) is 17.3. The van der Waals surface area contributed by atoms with E-state index >= 15 is 0 Å². The summed E-state index contributed by atoms with van der Waals surface area (Å²) in [5.41, 5.74) is 4.25. The lowest BCUT2D eigenvalue weighted by atomic mass is 10.1. The number of nitrogens with two attached hydrogens (primary N) is 1. The summed E-state index contributed by atoms with van der Waals surface area (Å²) in [7, 11) is 0. The molecule has 3 rings (SSSR count). The number of hydrogen-bond acceptors (Lipinski definition) is 6. The summed E-state index contributed by atoms with van der Waals surface area (Å²) in [4.78, 5) is 20.6. The fourth-order valence-electron chi connectivity index (χ4n) is 2.78. The van der Waals surface area contributed by atoms with Crippen LogP contribution in [0.15, 0.2) is 22.9 Å². The minimum absolute atomic E-state index is 0.00532. The molecule has 1 amide bonds. The summed E-state index contributed by atoms with van der Waals surface area (Å²) in [6.07, 6.45) is -1.75. The number of carbonyl (C=O) groups is 1. The maximum absolute atomic E-state index is 13.1. The Labute approximate surface area is 134 Å². The molecule has 0 aromatic carbocycles. The fraction of sp³-hybridized carbons (Fsp3) is 0.429. The second-order valence-corrected chi connectivity index (χ2v) is 5.44. The molecule has 0 saturated carbocycles. The molecule has 2 aromatic rings. The topological polar surface area (TPSA) is 98.1 Å². The molecule has 0 unspecified atom stereocenters. The van der Waals surface area contributed by atoms with Crippen LogP contribution in [-0.2, 0) is 12.7 Å². The van der Waals surface area contributed by atoms with Crippen LogP contribution in [0.5, 0.6) is 0 Å². The molecule has 1 saturated heterocycles. The van der Waals surface area contributed by atoms with E-state index in [0.717, 1.165) is 12.5 Å². The van der Waals surface area contributed by atoms with Crippen LogP contribution in [0.25, 0.3) is 0 Å². The van der Waals surface area contributed by atoms with Gasteiger partial charge in [0.25, 0.3) is 11.7 Å². The third-order valence-electron chi connectivity index (χ3n) is 3.86. The Morgan fingerprint density at radius 1 is 1.46 bits per heavy atom. The van der Waals surface area contributed by atoms with Crippen LogP contribution in [0.2, 0.25) is 0 Å². The highest BCUT2D eigenvalue weighted by atomic mass is 19.4. The van der Waals surface area contributed by atoms with E-state index < -0.39 is 17.6 Å². The van der Waals surface area contributed by atoms with E-state index in [9.17, 15) is 18.0 Å². The van der Waals surface area contributed by atoms with Crippen LogP contribution >= 0.6 is 0 Å². The molecule has 2 aromatic heterocycles. The van der Waals surface area contributed by atoms with E-state index in [1.54, 1.807) is 4.90 Å². The van der Waals surface area contributed by atoms with Crippen molar-refractivity contribution in [1.29, 1.82) is 0 Å². The van der Waals surface area contributed by atoms with E-state index in [4.69, 9.17) is 10.3 Å². The highest BCUT2D eigenvalue weighted by molar-refractivity contribution is 5.88. The van der Waals surface area contributed by atoms with Crippen molar-refractivity contribution in [2.24, 2.45) is 5.73 Å². The lowest BCUT2D eigenvalue weighted by Crippen LogP contribution is -2.25. The molecule has 2 N–H and O–H groups in total. The summed E-state index contributed by atoms with van der Waals surface area (Å²) in [6.45, 7) is 0.557. The Bertz CT molecular complexity index is 746. The summed E-state index contributed by atoms with van der Waals surface area (Å²) < 4.78 is 44.3. The average Bonchev–Trinajstić information content (AvgIpc) is 3.15. The highest BCUT2D eigenvalue weighted by Crippen LogP contribution is 2.35. The first-order valence-electron chi connectivity index (χ1n) is 7.25. The third-order valence-corrected chi connectivity index (χ3v) is 3.86. The number of likely N-dealkylation sites (tertiary alicyclic amines) is 1. The molecule has 1 atom stereocenters. The van der Waals surface area contributed by atoms with Gasteiger partial charge in [-0.1, -0.05) is 5.16 Å². The molecular formula is C14H14F3N5O2. The number of halogens is 3. The molecule has 0 bridgehead atoms. The van der Waals surface area contributed by atoms with Gasteiger partial charge in [0.1, 0.15) is 0 Å². The van der Waals surface area contributed by atoms with Crippen LogP contribution in [0, 0.1) is 0 Å². The molecule has 0 aliphatic carbocycles. The number of primary amides is 1. The zero-order valence-electron chi connectivity index (χ0n) is 12.5. The van der Waals surface area contributed by atoms with Gasteiger partial charge in [0.2, 0.25) is 5.89 Å². The number of alkyl halides is 3. The predicted octanol–water partition coefficient (Wildman–Crippen LogP) is 1.92. The van der Waals surface area contributed by atoms with E-state index in [0.29, 0.717) is 13.0 Å². The average molecular weight is 341 g/mol. The molecule has 1 fully saturated rings. The Kier molecular flexibility index (Phi) is 4.22. The minimum Gasteiger partial charge on any atom is -0.363 e. The van der Waals surface area contributed by atoms with Gasteiger partial charge < -0.3 is 10.3 Å². The molecule has 1 aliphatic heterocycles. The van der Waals surface area contributed by atoms with Crippen molar-refractivity contribution in [2.45, 2.75) is 31.6 Å². The third kappa shape index (κ3) is 3.23. The fourth-order valence-corrected chi connectivity index (χ4v) is 2.78. The number of hydrogen-bond donors (Lipinski definition) is 1. The normalized spacial score (nSPS) is 18.9. The molecule has 10 heteroatoms. The van der Waals surface area contributed by atoms with Crippen LogP contribution in [0.3, 0.4) is 0 Å². The maximum Gasteiger partial charge on any atom is 0.418 e. The lowest BCUT2D eigenvalue weighted by molar-refractivity contribution is -0.138. The van der Waals surface area contributed by atoms with Gasteiger partial charge in [-0.15, -0.1) is 0 Å². The Balaban J connectivity index is 1.83. The largest absolute Gasteiger partial charge is 0.418 e. The van der Waals surface area contributed by atoms with Gasteiger partial charge in [-0.25, -0.2) is 0 Å². The first-order chi connectivity index (χ1) is 11.4. The molecule has 128 valence electrons. The highest BCUT2D eigenvalue weighted by Gasteiger charge is 2.37. The standard InChI is InChI=1S/C14H14F3N5O2/c15-14(16,17)8-3-1-5-19-9(8)7-22-6-2-4-10(22)13-20-12(11(18)23)21-24-13/h1,3,5,10H,2,4,6-7H2,(H2,18,23)/t10-/m1/s1. The SMILES string of the molecule is NC(=O)c1noc([C@H]2CCCN2Cc2ncccc2C(F)(F)F)n1. The maximum atomic E-state index is 13.1. The van der Waals surface area contributed by atoms with Crippen molar-refractivity contribution in [2.75, 3.05) is 6.54 Å². The number of pyridine rings is 1. The predicted molar refractivity (Wildman–Crippen MR) is 74.4 cm³/mol.